The summed E-state index contributed by atoms with van der Waals surface area (Å²) in [4.78, 5) is 25.0. The van der Waals surface area contributed by atoms with Gasteiger partial charge in [0, 0.05) is 29.7 Å². The smallest absolute Gasteiger partial charge is 0.417 e. The number of rotatable bonds is 7. The third kappa shape index (κ3) is 5.07. The Morgan fingerprint density at radius 2 is 1.78 bits per heavy atom. The van der Waals surface area contributed by atoms with Crippen molar-refractivity contribution in [3.8, 4) is 5.75 Å². The average Bonchev–Trinajstić information content (AvgIpc) is 3.02. The zero-order valence-corrected chi connectivity index (χ0v) is 18.5. The molecule has 0 bridgehead atoms. The van der Waals surface area contributed by atoms with Gasteiger partial charge in [-0.05, 0) is 50.1 Å². The van der Waals surface area contributed by atoms with Gasteiger partial charge in [-0.1, -0.05) is 23.7 Å². The lowest BCUT2D eigenvalue weighted by atomic mass is 10.1. The lowest BCUT2D eigenvalue weighted by Crippen LogP contribution is -2.26. The molecule has 170 valence electrons. The van der Waals surface area contributed by atoms with Gasteiger partial charge in [0.15, 0.2) is 5.78 Å². The van der Waals surface area contributed by atoms with Crippen LogP contribution in [0.5, 0.6) is 5.75 Å². The first-order valence-corrected chi connectivity index (χ1v) is 10.2. The van der Waals surface area contributed by atoms with Gasteiger partial charge in [-0.2, -0.15) is 13.2 Å². The maximum absolute atomic E-state index is 13.1. The Labute approximate surface area is 188 Å². The van der Waals surface area contributed by atoms with Crippen LogP contribution in [-0.4, -0.2) is 22.0 Å². The number of aromatic nitrogens is 2. The van der Waals surface area contributed by atoms with Crippen molar-refractivity contribution < 1.29 is 22.7 Å². The standard InChI is InChI=1S/C23H22ClF3N2O3/c1-14-10-19(15(2)29(14)9-8-16-4-6-18(32-3)7-5-16)21(30)13-28-12-17(23(25,26)27)11-20(24)22(28)31/h4-7,10-12H,8-9,13H2,1-3H3. The number of hydrogen-bond acceptors (Lipinski definition) is 3. The first kappa shape index (κ1) is 23.7. The number of methoxy groups -OCH3 is 1. The van der Waals surface area contributed by atoms with Crippen LogP contribution in [-0.2, 0) is 25.7 Å². The molecule has 1 aromatic carbocycles. The molecule has 0 amide bonds. The molecule has 3 rings (SSSR count). The molecule has 0 saturated carbocycles. The number of carbonyl (C=O) groups excluding carboxylic acids is 1. The van der Waals surface area contributed by atoms with E-state index in [1.54, 1.807) is 20.1 Å². The number of aryl methyl sites for hydroxylation is 2. The second kappa shape index (κ2) is 9.24. The summed E-state index contributed by atoms with van der Waals surface area (Å²) in [6, 6.07) is 9.92. The van der Waals surface area contributed by atoms with Crippen molar-refractivity contribution in [3.63, 3.8) is 0 Å². The topological polar surface area (TPSA) is 53.2 Å². The minimum Gasteiger partial charge on any atom is -0.497 e. The van der Waals surface area contributed by atoms with Crippen LogP contribution in [0.3, 0.4) is 0 Å². The average molecular weight is 467 g/mol. The Morgan fingerprint density at radius 1 is 1.12 bits per heavy atom. The van der Waals surface area contributed by atoms with Gasteiger partial charge in [-0.25, -0.2) is 0 Å². The van der Waals surface area contributed by atoms with Crippen LogP contribution in [0.4, 0.5) is 13.2 Å². The SMILES string of the molecule is COc1ccc(CCn2c(C)cc(C(=O)Cn3cc(C(F)(F)F)cc(Cl)c3=O)c2C)cc1. The van der Waals surface area contributed by atoms with Crippen molar-refractivity contribution in [2.75, 3.05) is 7.11 Å². The number of ether oxygens (including phenoxy) is 1. The first-order valence-electron chi connectivity index (χ1n) is 9.81. The predicted octanol–water partition coefficient (Wildman–Crippen LogP) is 5.07. The molecule has 0 aliphatic carbocycles. The molecule has 0 fully saturated rings. The third-order valence-electron chi connectivity index (χ3n) is 5.34. The normalized spacial score (nSPS) is 11.6. The van der Waals surface area contributed by atoms with Gasteiger partial charge < -0.3 is 13.9 Å². The molecule has 9 heteroatoms. The van der Waals surface area contributed by atoms with Gasteiger partial charge >= 0.3 is 6.18 Å². The van der Waals surface area contributed by atoms with Gasteiger partial charge in [0.25, 0.3) is 5.56 Å². The van der Waals surface area contributed by atoms with Crippen LogP contribution in [0, 0.1) is 13.8 Å². The minimum atomic E-state index is -4.68. The summed E-state index contributed by atoms with van der Waals surface area (Å²) in [5.41, 5.74) is 1.05. The fourth-order valence-electron chi connectivity index (χ4n) is 3.57. The van der Waals surface area contributed by atoms with Crippen LogP contribution >= 0.6 is 11.6 Å². The van der Waals surface area contributed by atoms with Crippen molar-refractivity contribution in [1.82, 2.24) is 9.13 Å². The Bertz CT molecular complexity index is 1190. The molecule has 0 atom stereocenters. The Morgan fingerprint density at radius 3 is 2.38 bits per heavy atom. The molecule has 0 saturated heterocycles. The summed E-state index contributed by atoms with van der Waals surface area (Å²) in [6.45, 7) is 3.71. The minimum absolute atomic E-state index is 0.359. The number of alkyl halides is 3. The van der Waals surface area contributed by atoms with Crippen molar-refractivity contribution in [2.45, 2.75) is 39.5 Å². The van der Waals surface area contributed by atoms with Gasteiger partial charge in [-0.3, -0.25) is 9.59 Å². The van der Waals surface area contributed by atoms with Crippen LogP contribution in [0.1, 0.15) is 32.9 Å². The highest BCUT2D eigenvalue weighted by Gasteiger charge is 2.32. The van der Waals surface area contributed by atoms with E-state index < -0.39 is 34.6 Å². The highest BCUT2D eigenvalue weighted by Crippen LogP contribution is 2.29. The molecule has 2 aromatic heterocycles. The molecule has 5 nitrogen and oxygen atoms in total. The van der Waals surface area contributed by atoms with E-state index in [9.17, 15) is 22.8 Å². The fourth-order valence-corrected chi connectivity index (χ4v) is 3.80. The molecular formula is C23H22ClF3N2O3. The maximum Gasteiger partial charge on any atom is 0.417 e. The molecule has 0 N–H and O–H groups in total. The molecule has 3 aromatic rings. The molecule has 32 heavy (non-hydrogen) atoms. The number of benzene rings is 1. The lowest BCUT2D eigenvalue weighted by molar-refractivity contribution is -0.138. The highest BCUT2D eigenvalue weighted by molar-refractivity contribution is 6.30. The molecular weight excluding hydrogens is 445 g/mol. The van der Waals surface area contributed by atoms with Crippen molar-refractivity contribution >= 4 is 17.4 Å². The summed E-state index contributed by atoms with van der Waals surface area (Å²) in [5.74, 6) is 0.297. The zero-order valence-electron chi connectivity index (χ0n) is 17.8. The number of nitrogens with zero attached hydrogens (tertiary/aromatic N) is 2. The Balaban J connectivity index is 1.81. The molecule has 0 radical (unpaired) electrons. The van der Waals surface area contributed by atoms with E-state index in [1.807, 2.05) is 35.8 Å². The lowest BCUT2D eigenvalue weighted by Gasteiger charge is -2.12. The fraction of sp³-hybridized carbons (Fsp3) is 0.304. The van der Waals surface area contributed by atoms with Gasteiger partial charge in [0.05, 0.1) is 19.2 Å². The molecule has 0 aliphatic heterocycles. The summed E-state index contributed by atoms with van der Waals surface area (Å²) >= 11 is 5.68. The molecule has 0 spiro atoms. The summed E-state index contributed by atoms with van der Waals surface area (Å²) < 4.78 is 47.0. The summed E-state index contributed by atoms with van der Waals surface area (Å²) in [5, 5.41) is -0.586. The van der Waals surface area contributed by atoms with Crippen LogP contribution in [0.25, 0.3) is 0 Å². The molecule has 0 unspecified atom stereocenters. The van der Waals surface area contributed by atoms with Gasteiger partial charge in [0.1, 0.15) is 10.8 Å². The van der Waals surface area contributed by atoms with Crippen LogP contribution in [0.15, 0.2) is 47.4 Å². The quantitative estimate of drug-likeness (QED) is 0.457. The predicted molar refractivity (Wildman–Crippen MR) is 116 cm³/mol. The first-order chi connectivity index (χ1) is 15.0. The zero-order chi connectivity index (χ0) is 23.6. The number of ketones is 1. The van der Waals surface area contributed by atoms with E-state index in [4.69, 9.17) is 16.3 Å². The highest BCUT2D eigenvalue weighted by atomic mass is 35.5. The van der Waals surface area contributed by atoms with E-state index in [0.29, 0.717) is 34.6 Å². The van der Waals surface area contributed by atoms with E-state index in [0.717, 1.165) is 23.4 Å². The summed E-state index contributed by atoms with van der Waals surface area (Å²) in [7, 11) is 1.60. The van der Waals surface area contributed by atoms with Crippen molar-refractivity contribution in [2.24, 2.45) is 0 Å². The van der Waals surface area contributed by atoms with E-state index in [-0.39, 0.29) is 0 Å². The number of Topliss-reactive ketones (excluding diaryl/α,β-unsaturated/α-hetero) is 1. The number of halogens is 4. The number of pyridine rings is 1. The maximum atomic E-state index is 13.1. The van der Waals surface area contributed by atoms with Gasteiger partial charge in [0.2, 0.25) is 0 Å². The Kier molecular flexibility index (Phi) is 6.83. The van der Waals surface area contributed by atoms with E-state index >= 15 is 0 Å². The number of hydrogen-bond donors (Lipinski definition) is 0. The second-order valence-corrected chi connectivity index (χ2v) is 7.87. The van der Waals surface area contributed by atoms with Gasteiger partial charge in [-0.15, -0.1) is 0 Å². The van der Waals surface area contributed by atoms with Crippen LogP contribution < -0.4 is 10.3 Å². The van der Waals surface area contributed by atoms with Crippen molar-refractivity contribution in [3.05, 3.63) is 86.0 Å². The molecule has 2 heterocycles. The monoisotopic (exact) mass is 466 g/mol. The van der Waals surface area contributed by atoms with Crippen LogP contribution in [0.2, 0.25) is 5.02 Å². The Hall–Kier alpha value is -3.00. The summed E-state index contributed by atoms with van der Waals surface area (Å²) in [6.07, 6.45) is -3.34. The van der Waals surface area contributed by atoms with Crippen molar-refractivity contribution in [1.29, 1.82) is 0 Å². The molecule has 0 aliphatic rings. The van der Waals surface area contributed by atoms with E-state index in [1.165, 1.54) is 0 Å². The number of carbonyl (C=O) groups is 1. The third-order valence-corrected chi connectivity index (χ3v) is 5.61. The second-order valence-electron chi connectivity index (χ2n) is 7.47. The largest absolute Gasteiger partial charge is 0.497 e. The van der Waals surface area contributed by atoms with E-state index in [2.05, 4.69) is 0 Å².